The highest BCUT2D eigenvalue weighted by molar-refractivity contribution is 7.13. The number of benzene rings is 1. The number of anilines is 1. The number of aromatic nitrogens is 3. The Morgan fingerprint density at radius 2 is 1.78 bits per heavy atom. The van der Waals surface area contributed by atoms with Gasteiger partial charge in [-0.2, -0.15) is 0 Å². The van der Waals surface area contributed by atoms with Crippen molar-refractivity contribution < 1.29 is 0 Å². The van der Waals surface area contributed by atoms with Crippen molar-refractivity contribution in [2.75, 3.05) is 5.73 Å². The van der Waals surface area contributed by atoms with E-state index in [1.807, 2.05) is 29.6 Å². The molecule has 0 radical (unpaired) electrons. The molecule has 3 rings (SSSR count). The van der Waals surface area contributed by atoms with E-state index in [2.05, 4.69) is 15.0 Å². The SMILES string of the molecule is Nc1ccccc1-c1csc(-c2ncccn2)n1. The molecule has 0 fully saturated rings. The van der Waals surface area contributed by atoms with Crippen molar-refractivity contribution in [3.05, 3.63) is 48.1 Å². The van der Waals surface area contributed by atoms with Crippen LogP contribution in [0.5, 0.6) is 0 Å². The predicted octanol–water partition coefficient (Wildman–Crippen LogP) is 2.85. The Kier molecular flexibility index (Phi) is 2.74. The molecule has 0 aliphatic heterocycles. The molecular formula is C13H10N4S. The highest BCUT2D eigenvalue weighted by Crippen LogP contribution is 2.29. The van der Waals surface area contributed by atoms with Gasteiger partial charge in [0.15, 0.2) is 10.8 Å². The molecule has 3 aromatic rings. The van der Waals surface area contributed by atoms with E-state index < -0.39 is 0 Å². The molecule has 4 nitrogen and oxygen atoms in total. The number of rotatable bonds is 2. The van der Waals surface area contributed by atoms with Gasteiger partial charge in [-0.25, -0.2) is 15.0 Å². The number of hydrogen-bond donors (Lipinski definition) is 1. The molecule has 0 aliphatic carbocycles. The predicted molar refractivity (Wildman–Crippen MR) is 73.0 cm³/mol. The molecule has 88 valence electrons. The van der Waals surface area contributed by atoms with E-state index in [0.717, 1.165) is 22.0 Å². The summed E-state index contributed by atoms with van der Waals surface area (Å²) in [5, 5.41) is 2.77. The topological polar surface area (TPSA) is 64.7 Å². The number of thiazole rings is 1. The van der Waals surface area contributed by atoms with Gasteiger partial charge in [-0.05, 0) is 12.1 Å². The van der Waals surface area contributed by atoms with E-state index in [9.17, 15) is 0 Å². The van der Waals surface area contributed by atoms with Crippen molar-refractivity contribution in [3.63, 3.8) is 0 Å². The van der Waals surface area contributed by atoms with Crippen LogP contribution in [0.4, 0.5) is 5.69 Å². The zero-order valence-electron chi connectivity index (χ0n) is 9.45. The van der Waals surface area contributed by atoms with Gasteiger partial charge in [-0.15, -0.1) is 11.3 Å². The van der Waals surface area contributed by atoms with E-state index in [4.69, 9.17) is 5.73 Å². The van der Waals surface area contributed by atoms with Crippen LogP contribution in [0.1, 0.15) is 0 Å². The van der Waals surface area contributed by atoms with Crippen LogP contribution < -0.4 is 5.73 Å². The molecule has 0 saturated heterocycles. The minimum Gasteiger partial charge on any atom is -0.398 e. The molecule has 0 spiro atoms. The summed E-state index contributed by atoms with van der Waals surface area (Å²) in [5.41, 5.74) is 8.46. The summed E-state index contributed by atoms with van der Waals surface area (Å²) in [6.07, 6.45) is 3.42. The largest absolute Gasteiger partial charge is 0.398 e. The lowest BCUT2D eigenvalue weighted by atomic mass is 10.1. The lowest BCUT2D eigenvalue weighted by Crippen LogP contribution is -1.90. The van der Waals surface area contributed by atoms with E-state index in [1.54, 1.807) is 18.5 Å². The fourth-order valence-electron chi connectivity index (χ4n) is 1.64. The number of nitrogens with zero attached hydrogens (tertiary/aromatic N) is 3. The minimum atomic E-state index is 0.642. The van der Waals surface area contributed by atoms with Gasteiger partial charge in [0.25, 0.3) is 0 Å². The van der Waals surface area contributed by atoms with E-state index in [1.165, 1.54) is 11.3 Å². The van der Waals surface area contributed by atoms with Crippen molar-refractivity contribution in [1.29, 1.82) is 0 Å². The average molecular weight is 254 g/mol. The molecule has 2 aromatic heterocycles. The first kappa shape index (κ1) is 10.9. The Balaban J connectivity index is 2.03. The number of nitrogens with two attached hydrogens (primary N) is 1. The summed E-state index contributed by atoms with van der Waals surface area (Å²) in [5.74, 6) is 0.642. The van der Waals surface area contributed by atoms with Gasteiger partial charge in [-0.1, -0.05) is 18.2 Å². The van der Waals surface area contributed by atoms with Gasteiger partial charge in [0.1, 0.15) is 0 Å². The highest BCUT2D eigenvalue weighted by Gasteiger charge is 2.09. The van der Waals surface area contributed by atoms with Gasteiger partial charge >= 0.3 is 0 Å². The summed E-state index contributed by atoms with van der Waals surface area (Å²) in [4.78, 5) is 12.9. The zero-order chi connectivity index (χ0) is 12.4. The number of hydrogen-bond acceptors (Lipinski definition) is 5. The van der Waals surface area contributed by atoms with Crippen LogP contribution in [0.15, 0.2) is 48.1 Å². The first-order valence-corrected chi connectivity index (χ1v) is 6.30. The third kappa shape index (κ3) is 1.96. The van der Waals surface area contributed by atoms with Gasteiger partial charge in [0.2, 0.25) is 0 Å². The standard InChI is InChI=1S/C13H10N4S/c14-10-5-2-1-4-9(10)11-8-18-13(17-11)12-15-6-3-7-16-12/h1-8H,14H2. The summed E-state index contributed by atoms with van der Waals surface area (Å²) < 4.78 is 0. The second-order valence-electron chi connectivity index (χ2n) is 3.70. The molecule has 2 N–H and O–H groups in total. The monoisotopic (exact) mass is 254 g/mol. The second-order valence-corrected chi connectivity index (χ2v) is 4.56. The lowest BCUT2D eigenvalue weighted by molar-refractivity contribution is 1.16. The summed E-state index contributed by atoms with van der Waals surface area (Å²) in [6.45, 7) is 0. The van der Waals surface area contributed by atoms with Gasteiger partial charge < -0.3 is 5.73 Å². The first-order chi connectivity index (χ1) is 8.84. The third-order valence-electron chi connectivity index (χ3n) is 2.50. The summed E-state index contributed by atoms with van der Waals surface area (Å²) in [7, 11) is 0. The van der Waals surface area contributed by atoms with Crippen LogP contribution in [0.2, 0.25) is 0 Å². The summed E-state index contributed by atoms with van der Waals surface area (Å²) in [6, 6.07) is 9.47. The molecule has 0 atom stereocenters. The van der Waals surface area contributed by atoms with E-state index in [-0.39, 0.29) is 0 Å². The van der Waals surface area contributed by atoms with E-state index in [0.29, 0.717) is 5.82 Å². The molecule has 0 aliphatic rings. The first-order valence-electron chi connectivity index (χ1n) is 5.42. The lowest BCUT2D eigenvalue weighted by Gasteiger charge is -2.00. The molecule has 2 heterocycles. The smallest absolute Gasteiger partial charge is 0.188 e. The van der Waals surface area contributed by atoms with Crippen LogP contribution in [-0.2, 0) is 0 Å². The fraction of sp³-hybridized carbons (Fsp3) is 0. The highest BCUT2D eigenvalue weighted by atomic mass is 32.1. The number of nitrogen functional groups attached to an aromatic ring is 1. The van der Waals surface area contributed by atoms with Crippen LogP contribution in [0, 0.1) is 0 Å². The van der Waals surface area contributed by atoms with Gasteiger partial charge in [0.05, 0.1) is 5.69 Å². The van der Waals surface area contributed by atoms with Crippen molar-refractivity contribution in [2.45, 2.75) is 0 Å². The molecular weight excluding hydrogens is 244 g/mol. The summed E-state index contributed by atoms with van der Waals surface area (Å²) >= 11 is 1.51. The van der Waals surface area contributed by atoms with Crippen molar-refractivity contribution >= 4 is 17.0 Å². The maximum atomic E-state index is 5.93. The molecule has 0 unspecified atom stereocenters. The zero-order valence-corrected chi connectivity index (χ0v) is 10.3. The number of para-hydroxylation sites is 1. The minimum absolute atomic E-state index is 0.642. The molecule has 5 heteroatoms. The molecule has 0 saturated carbocycles. The van der Waals surface area contributed by atoms with Crippen molar-refractivity contribution in [2.24, 2.45) is 0 Å². The fourth-order valence-corrected chi connectivity index (χ4v) is 2.40. The molecule has 18 heavy (non-hydrogen) atoms. The Hall–Kier alpha value is -2.27. The van der Waals surface area contributed by atoms with Gasteiger partial charge in [-0.3, -0.25) is 0 Å². The maximum absolute atomic E-state index is 5.93. The average Bonchev–Trinajstić information content (AvgIpc) is 2.90. The van der Waals surface area contributed by atoms with Crippen molar-refractivity contribution in [1.82, 2.24) is 15.0 Å². The second kappa shape index (κ2) is 4.54. The maximum Gasteiger partial charge on any atom is 0.188 e. The molecule has 1 aromatic carbocycles. The van der Waals surface area contributed by atoms with Crippen LogP contribution in [0.25, 0.3) is 22.1 Å². The Bertz CT molecular complexity index is 664. The Morgan fingerprint density at radius 1 is 1.00 bits per heavy atom. The van der Waals surface area contributed by atoms with Crippen LogP contribution >= 0.6 is 11.3 Å². The molecule has 0 amide bonds. The molecule has 0 bridgehead atoms. The van der Waals surface area contributed by atoms with Crippen molar-refractivity contribution in [3.8, 4) is 22.1 Å². The van der Waals surface area contributed by atoms with Crippen LogP contribution in [-0.4, -0.2) is 15.0 Å². The normalized spacial score (nSPS) is 10.4. The van der Waals surface area contributed by atoms with Gasteiger partial charge in [0, 0.05) is 29.0 Å². The van der Waals surface area contributed by atoms with E-state index >= 15 is 0 Å². The quantitative estimate of drug-likeness (QED) is 0.714. The third-order valence-corrected chi connectivity index (χ3v) is 3.34. The Morgan fingerprint density at radius 3 is 2.56 bits per heavy atom. The van der Waals surface area contributed by atoms with Crippen LogP contribution in [0.3, 0.4) is 0 Å². The Labute approximate surface area is 108 Å².